The highest BCUT2D eigenvalue weighted by Crippen LogP contribution is 2.51. The summed E-state index contributed by atoms with van der Waals surface area (Å²) < 4.78 is 130. The second kappa shape index (κ2) is 6.51. The monoisotopic (exact) mass is 424 g/mol. The van der Waals surface area contributed by atoms with E-state index in [9.17, 15) is 43.9 Å². The lowest BCUT2D eigenvalue weighted by Crippen LogP contribution is -2.40. The van der Waals surface area contributed by atoms with Gasteiger partial charge in [0.2, 0.25) is 0 Å². The Morgan fingerprint density at radius 3 is 1.89 bits per heavy atom. The van der Waals surface area contributed by atoms with Gasteiger partial charge in [-0.3, -0.25) is 9.67 Å². The number of hydrogen-bond donors (Lipinski definition) is 1. The van der Waals surface area contributed by atoms with E-state index >= 15 is 0 Å². The highest BCUT2D eigenvalue weighted by atomic mass is 19.4. The second-order valence-electron chi connectivity index (χ2n) is 5.71. The van der Waals surface area contributed by atoms with Gasteiger partial charge in [0.25, 0.3) is 0 Å². The van der Waals surface area contributed by atoms with E-state index in [2.05, 4.69) is 10.1 Å². The summed E-state index contributed by atoms with van der Waals surface area (Å²) in [6, 6.07) is 2.45. The van der Waals surface area contributed by atoms with E-state index in [0.717, 1.165) is 0 Å². The van der Waals surface area contributed by atoms with Crippen LogP contribution in [0.1, 0.15) is 22.6 Å². The molecule has 0 fully saturated rings. The quantitative estimate of drug-likeness (QED) is 0.735. The molecule has 0 aliphatic rings. The fourth-order valence-corrected chi connectivity index (χ4v) is 2.13. The molecule has 2 aromatic heterocycles. The Hall–Kier alpha value is -2.54. The van der Waals surface area contributed by atoms with Gasteiger partial charge in [0.15, 0.2) is 5.69 Å². The third kappa shape index (κ3) is 3.71. The lowest BCUT2D eigenvalue weighted by molar-refractivity contribution is -0.302. The molecule has 2 rings (SSSR count). The molecule has 14 heteroatoms. The molecule has 2 N–H and O–H groups in total. The molecule has 2 heterocycles. The Morgan fingerprint density at radius 1 is 0.893 bits per heavy atom. The number of pyridine rings is 1. The molecule has 0 spiro atoms. The van der Waals surface area contributed by atoms with Crippen molar-refractivity contribution in [1.29, 1.82) is 0 Å². The van der Waals surface area contributed by atoms with E-state index < -0.39 is 42.0 Å². The molecule has 0 saturated heterocycles. The van der Waals surface area contributed by atoms with Gasteiger partial charge in [0.1, 0.15) is 0 Å². The van der Waals surface area contributed by atoms with Gasteiger partial charge in [-0.2, -0.15) is 49.0 Å². The Bertz CT molecular complexity index is 822. The third-order valence-corrected chi connectivity index (χ3v) is 3.62. The largest absolute Gasteiger partial charge is 0.459 e. The van der Waals surface area contributed by atoms with Crippen molar-refractivity contribution in [1.82, 2.24) is 14.8 Å². The van der Waals surface area contributed by atoms with E-state index in [1.54, 1.807) is 0 Å². The van der Waals surface area contributed by atoms with Crippen LogP contribution in [0.3, 0.4) is 0 Å². The van der Waals surface area contributed by atoms with Gasteiger partial charge in [0.05, 0.1) is 29.2 Å². The summed E-state index contributed by atoms with van der Waals surface area (Å²) in [5, 5.41) is 2.67. The highest BCUT2D eigenvalue weighted by Gasteiger charge is 2.67. The standard InChI is InChI=1S/C14H10F10N4/c1-6-9(25)3-2-7(26-6)4-28-5-8(11(15,16)13(19,20)21)10(27-28)12(17,18)14(22,23)24/h2-3,5H,4,25H2,1H3. The second-order valence-corrected chi connectivity index (χ2v) is 5.71. The van der Waals surface area contributed by atoms with Crippen LogP contribution in [0, 0.1) is 6.92 Å². The third-order valence-electron chi connectivity index (χ3n) is 3.62. The zero-order valence-electron chi connectivity index (χ0n) is 13.6. The van der Waals surface area contributed by atoms with Crippen molar-refractivity contribution in [2.75, 3.05) is 5.73 Å². The lowest BCUT2D eigenvalue weighted by Gasteiger charge is -2.23. The first-order valence-corrected chi connectivity index (χ1v) is 7.18. The number of aryl methyl sites for hydroxylation is 1. The van der Waals surface area contributed by atoms with Gasteiger partial charge in [-0.15, -0.1) is 0 Å². The summed E-state index contributed by atoms with van der Waals surface area (Å²) in [4.78, 5) is 3.82. The van der Waals surface area contributed by atoms with Crippen molar-refractivity contribution in [2.24, 2.45) is 0 Å². The van der Waals surface area contributed by atoms with Crippen LogP contribution in [0.2, 0.25) is 0 Å². The Kier molecular flexibility index (Phi) is 5.06. The molecule has 0 aliphatic carbocycles. The zero-order valence-corrected chi connectivity index (χ0v) is 13.6. The smallest absolute Gasteiger partial charge is 0.397 e. The van der Waals surface area contributed by atoms with Gasteiger partial charge in [0, 0.05) is 6.20 Å². The first-order chi connectivity index (χ1) is 12.5. The molecule has 4 nitrogen and oxygen atoms in total. The molecule has 0 aromatic carbocycles. The van der Waals surface area contributed by atoms with E-state index in [4.69, 9.17) is 5.73 Å². The predicted molar refractivity (Wildman–Crippen MR) is 74.6 cm³/mol. The molecule has 0 atom stereocenters. The maximum absolute atomic E-state index is 13.6. The van der Waals surface area contributed by atoms with Crippen molar-refractivity contribution in [3.8, 4) is 0 Å². The Labute approximate surface area is 150 Å². The number of alkyl halides is 10. The number of rotatable bonds is 4. The highest BCUT2D eigenvalue weighted by molar-refractivity contribution is 5.42. The summed E-state index contributed by atoms with van der Waals surface area (Å²) in [5.74, 6) is -12.0. The zero-order chi connectivity index (χ0) is 21.7. The van der Waals surface area contributed by atoms with Gasteiger partial charge < -0.3 is 5.73 Å². The maximum Gasteiger partial charge on any atom is 0.459 e. The maximum atomic E-state index is 13.6. The van der Waals surface area contributed by atoms with Gasteiger partial charge >= 0.3 is 24.2 Å². The van der Waals surface area contributed by atoms with Crippen molar-refractivity contribution >= 4 is 5.69 Å². The van der Waals surface area contributed by atoms with Crippen LogP contribution in [0.5, 0.6) is 0 Å². The Morgan fingerprint density at radius 2 is 1.43 bits per heavy atom. The first kappa shape index (κ1) is 21.8. The minimum Gasteiger partial charge on any atom is -0.397 e. The van der Waals surface area contributed by atoms with E-state index in [1.165, 1.54) is 19.1 Å². The fraction of sp³-hybridized carbons (Fsp3) is 0.429. The SMILES string of the molecule is Cc1nc(Cn2cc(C(F)(F)C(F)(F)F)c(C(F)(F)C(F)(F)F)n2)ccc1N. The molecular formula is C14H10F10N4. The molecule has 0 unspecified atom stereocenters. The minimum atomic E-state index is -6.45. The topological polar surface area (TPSA) is 56.7 Å². The van der Waals surface area contributed by atoms with Gasteiger partial charge in [-0.05, 0) is 19.1 Å². The molecule has 0 saturated carbocycles. The average molecular weight is 424 g/mol. The fourth-order valence-electron chi connectivity index (χ4n) is 2.13. The van der Waals surface area contributed by atoms with Crippen LogP contribution in [0.25, 0.3) is 0 Å². The minimum absolute atomic E-state index is 0.0713. The lowest BCUT2D eigenvalue weighted by atomic mass is 10.0. The van der Waals surface area contributed by atoms with E-state index in [1.807, 2.05) is 0 Å². The number of nitrogen functional groups attached to an aromatic ring is 1. The van der Waals surface area contributed by atoms with E-state index in [0.29, 0.717) is 0 Å². The molecule has 0 bridgehead atoms. The summed E-state index contributed by atoms with van der Waals surface area (Å²) >= 11 is 0. The van der Waals surface area contributed by atoms with Crippen molar-refractivity contribution < 1.29 is 43.9 Å². The number of anilines is 1. The molecule has 0 aliphatic heterocycles. The predicted octanol–water partition coefficient (Wildman–Crippen LogP) is 4.53. The van der Waals surface area contributed by atoms with Gasteiger partial charge in [-0.1, -0.05) is 0 Å². The van der Waals surface area contributed by atoms with E-state index in [-0.39, 0.29) is 28.0 Å². The summed E-state index contributed by atoms with van der Waals surface area (Å²) in [7, 11) is 0. The number of halogens is 10. The summed E-state index contributed by atoms with van der Waals surface area (Å²) in [6.07, 6.45) is -13.1. The normalized spacial score (nSPS) is 13.8. The number of hydrogen-bond acceptors (Lipinski definition) is 3. The van der Waals surface area contributed by atoms with Crippen LogP contribution in [-0.4, -0.2) is 27.1 Å². The molecule has 0 radical (unpaired) electrons. The summed E-state index contributed by atoms with van der Waals surface area (Å²) in [6.45, 7) is 0.657. The molecule has 0 amide bonds. The van der Waals surface area contributed by atoms with Crippen LogP contribution in [-0.2, 0) is 18.4 Å². The average Bonchev–Trinajstić information content (AvgIpc) is 2.94. The molecular weight excluding hydrogens is 414 g/mol. The van der Waals surface area contributed by atoms with Crippen LogP contribution in [0.15, 0.2) is 18.3 Å². The first-order valence-electron chi connectivity index (χ1n) is 7.18. The van der Waals surface area contributed by atoms with Crippen LogP contribution < -0.4 is 5.73 Å². The molecule has 2 aromatic rings. The van der Waals surface area contributed by atoms with Crippen LogP contribution in [0.4, 0.5) is 49.6 Å². The number of nitrogens with two attached hydrogens (primary N) is 1. The Balaban J connectivity index is 2.62. The molecule has 156 valence electrons. The van der Waals surface area contributed by atoms with Crippen molar-refractivity contribution in [2.45, 2.75) is 37.7 Å². The van der Waals surface area contributed by atoms with Gasteiger partial charge in [-0.25, -0.2) is 0 Å². The van der Waals surface area contributed by atoms with Crippen LogP contribution >= 0.6 is 0 Å². The number of nitrogens with zero attached hydrogens (tertiary/aromatic N) is 3. The van der Waals surface area contributed by atoms with Crippen molar-refractivity contribution in [3.05, 3.63) is 41.0 Å². The molecule has 28 heavy (non-hydrogen) atoms. The van der Waals surface area contributed by atoms with Crippen molar-refractivity contribution in [3.63, 3.8) is 0 Å². The number of aromatic nitrogens is 3. The summed E-state index contributed by atoms with van der Waals surface area (Å²) in [5.41, 5.74) is 0.479.